The van der Waals surface area contributed by atoms with Crippen molar-refractivity contribution in [3.05, 3.63) is 35.9 Å². The third-order valence-corrected chi connectivity index (χ3v) is 2.47. The molecule has 0 spiro atoms. The second-order valence-corrected chi connectivity index (χ2v) is 3.46. The largest absolute Gasteiger partial charge is 0.388 e. The summed E-state index contributed by atoms with van der Waals surface area (Å²) in [5, 5.41) is 9.87. The Labute approximate surface area is 84.6 Å². The van der Waals surface area contributed by atoms with Crippen LogP contribution in [0.2, 0.25) is 0 Å². The maximum Gasteiger partial charge on any atom is 0.138 e. The number of Topliss-reactive ketones (excluding diaryl/α,β-unsaturated/α-hetero) is 1. The molecule has 2 heteroatoms. The second-order valence-electron chi connectivity index (χ2n) is 3.46. The van der Waals surface area contributed by atoms with Gasteiger partial charge in [0.05, 0.1) is 6.10 Å². The van der Waals surface area contributed by atoms with Gasteiger partial charge in [0, 0.05) is 12.3 Å². The van der Waals surface area contributed by atoms with Gasteiger partial charge in [-0.1, -0.05) is 44.2 Å². The number of aliphatic hydroxyl groups excluding tert-OH is 1. The number of benzene rings is 1. The molecule has 14 heavy (non-hydrogen) atoms. The highest BCUT2D eigenvalue weighted by Gasteiger charge is 2.21. The Balaban J connectivity index is 2.75. The second kappa shape index (κ2) is 4.91. The fraction of sp³-hybridized carbons (Fsp3) is 0.417. The fourth-order valence-corrected chi connectivity index (χ4v) is 1.44. The molecule has 0 aliphatic heterocycles. The molecule has 0 radical (unpaired) electrons. The van der Waals surface area contributed by atoms with Gasteiger partial charge in [0.15, 0.2) is 0 Å². The first kappa shape index (κ1) is 10.9. The van der Waals surface area contributed by atoms with Crippen LogP contribution in [0.25, 0.3) is 0 Å². The van der Waals surface area contributed by atoms with Crippen LogP contribution in [0.3, 0.4) is 0 Å². The van der Waals surface area contributed by atoms with Crippen molar-refractivity contribution in [3.63, 3.8) is 0 Å². The van der Waals surface area contributed by atoms with Crippen LogP contribution < -0.4 is 0 Å². The van der Waals surface area contributed by atoms with Crippen molar-refractivity contribution in [1.82, 2.24) is 0 Å². The van der Waals surface area contributed by atoms with Gasteiger partial charge in [-0.05, 0) is 5.56 Å². The number of hydrogen-bond donors (Lipinski definition) is 1. The molecule has 1 rings (SSSR count). The average molecular weight is 192 g/mol. The van der Waals surface area contributed by atoms with Crippen LogP contribution in [-0.4, -0.2) is 10.9 Å². The molecule has 0 saturated carbocycles. The van der Waals surface area contributed by atoms with E-state index in [1.807, 2.05) is 37.3 Å². The van der Waals surface area contributed by atoms with Crippen molar-refractivity contribution in [2.45, 2.75) is 26.4 Å². The first-order valence-corrected chi connectivity index (χ1v) is 4.92. The van der Waals surface area contributed by atoms with E-state index in [1.165, 1.54) is 0 Å². The molecular weight excluding hydrogens is 176 g/mol. The van der Waals surface area contributed by atoms with Crippen molar-refractivity contribution in [2.24, 2.45) is 5.92 Å². The van der Waals surface area contributed by atoms with Gasteiger partial charge in [0.25, 0.3) is 0 Å². The fourth-order valence-electron chi connectivity index (χ4n) is 1.44. The van der Waals surface area contributed by atoms with E-state index in [1.54, 1.807) is 6.92 Å². The van der Waals surface area contributed by atoms with Crippen molar-refractivity contribution in [1.29, 1.82) is 0 Å². The van der Waals surface area contributed by atoms with Gasteiger partial charge in [0.1, 0.15) is 5.78 Å². The topological polar surface area (TPSA) is 37.3 Å². The molecule has 0 aromatic heterocycles. The SMILES string of the molecule is CCC(=O)C(C)C(O)c1ccccc1. The number of carbonyl (C=O) groups is 1. The van der Waals surface area contributed by atoms with Crippen LogP contribution in [0.4, 0.5) is 0 Å². The third-order valence-electron chi connectivity index (χ3n) is 2.47. The van der Waals surface area contributed by atoms with E-state index in [9.17, 15) is 9.90 Å². The highest BCUT2D eigenvalue weighted by atomic mass is 16.3. The summed E-state index contributed by atoms with van der Waals surface area (Å²) in [6.07, 6.45) is -0.200. The number of aliphatic hydroxyl groups is 1. The zero-order valence-electron chi connectivity index (χ0n) is 8.60. The molecule has 2 atom stereocenters. The van der Waals surface area contributed by atoms with Crippen molar-refractivity contribution in [3.8, 4) is 0 Å². The number of carbonyl (C=O) groups excluding carboxylic acids is 1. The van der Waals surface area contributed by atoms with E-state index in [4.69, 9.17) is 0 Å². The van der Waals surface area contributed by atoms with Crippen LogP contribution in [0.1, 0.15) is 31.9 Å². The van der Waals surface area contributed by atoms with Gasteiger partial charge in [-0.25, -0.2) is 0 Å². The van der Waals surface area contributed by atoms with Gasteiger partial charge in [-0.2, -0.15) is 0 Å². The predicted molar refractivity (Wildman–Crippen MR) is 55.9 cm³/mol. The van der Waals surface area contributed by atoms with Crippen LogP contribution in [0, 0.1) is 5.92 Å². The summed E-state index contributed by atoms with van der Waals surface area (Å²) in [7, 11) is 0. The van der Waals surface area contributed by atoms with Crippen LogP contribution in [0.5, 0.6) is 0 Å². The standard InChI is InChI=1S/C12H16O2/c1-3-11(13)9(2)12(14)10-7-5-4-6-8-10/h4-9,12,14H,3H2,1-2H3. The molecule has 1 N–H and O–H groups in total. The van der Waals surface area contributed by atoms with Gasteiger partial charge >= 0.3 is 0 Å². The number of hydrogen-bond acceptors (Lipinski definition) is 2. The smallest absolute Gasteiger partial charge is 0.138 e. The zero-order valence-corrected chi connectivity index (χ0v) is 8.60. The lowest BCUT2D eigenvalue weighted by Gasteiger charge is -2.17. The lowest BCUT2D eigenvalue weighted by atomic mass is 9.93. The van der Waals surface area contributed by atoms with Gasteiger partial charge in [-0.15, -0.1) is 0 Å². The molecule has 0 amide bonds. The molecular formula is C12H16O2. The van der Waals surface area contributed by atoms with Gasteiger partial charge in [-0.3, -0.25) is 4.79 Å². The summed E-state index contributed by atoms with van der Waals surface area (Å²) in [5.41, 5.74) is 0.807. The Morgan fingerprint density at radius 3 is 2.43 bits per heavy atom. The van der Waals surface area contributed by atoms with E-state index in [0.29, 0.717) is 6.42 Å². The van der Waals surface area contributed by atoms with Crippen LogP contribution in [0.15, 0.2) is 30.3 Å². The number of rotatable bonds is 4. The van der Waals surface area contributed by atoms with Crippen LogP contribution >= 0.6 is 0 Å². The van der Waals surface area contributed by atoms with Crippen molar-refractivity contribution < 1.29 is 9.90 Å². The summed E-state index contributed by atoms with van der Waals surface area (Å²) in [6.45, 7) is 3.58. The first-order valence-electron chi connectivity index (χ1n) is 4.92. The minimum Gasteiger partial charge on any atom is -0.388 e. The lowest BCUT2D eigenvalue weighted by Crippen LogP contribution is -2.18. The molecule has 1 aromatic carbocycles. The summed E-state index contributed by atoms with van der Waals surface area (Å²) < 4.78 is 0. The molecule has 1 aromatic rings. The molecule has 2 unspecified atom stereocenters. The van der Waals surface area contributed by atoms with E-state index < -0.39 is 6.10 Å². The van der Waals surface area contributed by atoms with Crippen molar-refractivity contribution >= 4 is 5.78 Å². The van der Waals surface area contributed by atoms with Gasteiger partial charge in [0.2, 0.25) is 0 Å². The minimum atomic E-state index is -0.677. The summed E-state index contributed by atoms with van der Waals surface area (Å²) in [4.78, 5) is 11.4. The maximum absolute atomic E-state index is 11.4. The summed E-state index contributed by atoms with van der Waals surface area (Å²) >= 11 is 0. The Kier molecular flexibility index (Phi) is 3.84. The van der Waals surface area contributed by atoms with E-state index in [0.717, 1.165) is 5.56 Å². The van der Waals surface area contributed by atoms with E-state index in [-0.39, 0.29) is 11.7 Å². The first-order chi connectivity index (χ1) is 6.66. The molecule has 0 aliphatic rings. The van der Waals surface area contributed by atoms with Crippen LogP contribution in [-0.2, 0) is 4.79 Å². The highest BCUT2D eigenvalue weighted by Crippen LogP contribution is 2.22. The third kappa shape index (κ3) is 2.42. The maximum atomic E-state index is 11.4. The lowest BCUT2D eigenvalue weighted by molar-refractivity contribution is -0.125. The average Bonchev–Trinajstić information content (AvgIpc) is 2.27. The molecule has 0 aliphatic carbocycles. The normalized spacial score (nSPS) is 14.8. The highest BCUT2D eigenvalue weighted by molar-refractivity contribution is 5.81. The van der Waals surface area contributed by atoms with Crippen molar-refractivity contribution in [2.75, 3.05) is 0 Å². The minimum absolute atomic E-state index is 0.0985. The Morgan fingerprint density at radius 1 is 1.36 bits per heavy atom. The molecule has 0 saturated heterocycles. The summed E-state index contributed by atoms with van der Waals surface area (Å²) in [5.74, 6) is -0.219. The molecule has 0 heterocycles. The Hall–Kier alpha value is -1.15. The monoisotopic (exact) mass is 192 g/mol. The van der Waals surface area contributed by atoms with E-state index >= 15 is 0 Å². The molecule has 2 nitrogen and oxygen atoms in total. The van der Waals surface area contributed by atoms with E-state index in [2.05, 4.69) is 0 Å². The van der Waals surface area contributed by atoms with Gasteiger partial charge < -0.3 is 5.11 Å². The Morgan fingerprint density at radius 2 is 1.93 bits per heavy atom. The molecule has 0 bridgehead atoms. The Bertz CT molecular complexity index is 292. The quantitative estimate of drug-likeness (QED) is 0.795. The zero-order chi connectivity index (χ0) is 10.6. The number of ketones is 1. The molecule has 76 valence electrons. The predicted octanol–water partition coefficient (Wildman–Crippen LogP) is 2.34. The molecule has 0 fully saturated rings. The summed E-state index contributed by atoms with van der Waals surface area (Å²) in [6, 6.07) is 9.29.